The Kier molecular flexibility index (Phi) is 3.42. The van der Waals surface area contributed by atoms with E-state index in [4.69, 9.17) is 0 Å². The van der Waals surface area contributed by atoms with Crippen LogP contribution in [0.1, 0.15) is 11.1 Å². The van der Waals surface area contributed by atoms with Crippen molar-refractivity contribution < 1.29 is 9.31 Å². The van der Waals surface area contributed by atoms with Crippen molar-refractivity contribution in [3.8, 4) is 0 Å². The molecule has 5 nitrogen and oxygen atoms in total. The van der Waals surface area contributed by atoms with Crippen LogP contribution in [0.5, 0.6) is 0 Å². The van der Waals surface area contributed by atoms with E-state index in [9.17, 15) is 14.5 Å². The second-order valence-electron chi connectivity index (χ2n) is 4.90. The number of nitro groups is 1. The van der Waals surface area contributed by atoms with E-state index in [0.717, 1.165) is 11.1 Å². The van der Waals surface area contributed by atoms with Crippen molar-refractivity contribution in [2.45, 2.75) is 0 Å². The summed E-state index contributed by atoms with van der Waals surface area (Å²) in [7, 11) is 1.83. The molecule has 0 aliphatic heterocycles. The Morgan fingerprint density at radius 3 is 2.68 bits per heavy atom. The fourth-order valence-corrected chi connectivity index (χ4v) is 2.27. The number of aromatic nitrogens is 2. The molecule has 0 bridgehead atoms. The monoisotopic (exact) mass is 297 g/mol. The van der Waals surface area contributed by atoms with Gasteiger partial charge in [-0.2, -0.15) is 0 Å². The van der Waals surface area contributed by atoms with Gasteiger partial charge in [0.2, 0.25) is 0 Å². The zero-order valence-electron chi connectivity index (χ0n) is 11.7. The predicted octanol–water partition coefficient (Wildman–Crippen LogP) is 3.79. The first-order valence-corrected chi connectivity index (χ1v) is 6.58. The molecular weight excluding hydrogens is 285 g/mol. The molecule has 2 aromatic heterocycles. The molecule has 22 heavy (non-hydrogen) atoms. The van der Waals surface area contributed by atoms with Crippen LogP contribution in [0.3, 0.4) is 0 Å². The molecule has 6 heteroatoms. The SMILES string of the molecule is Cn1cc(C=Cc2ccc(F)cc2)c2cc([N+](=O)[O-])cnc21. The van der Waals surface area contributed by atoms with Crippen molar-refractivity contribution >= 4 is 28.9 Å². The molecule has 0 saturated heterocycles. The maximum absolute atomic E-state index is 12.9. The van der Waals surface area contributed by atoms with Crippen LogP contribution < -0.4 is 0 Å². The molecule has 0 unspecified atom stereocenters. The van der Waals surface area contributed by atoms with Gasteiger partial charge in [-0.15, -0.1) is 0 Å². The number of aryl methyl sites for hydroxylation is 1. The third-order valence-electron chi connectivity index (χ3n) is 3.37. The number of hydrogen-bond acceptors (Lipinski definition) is 3. The molecule has 0 atom stereocenters. The highest BCUT2D eigenvalue weighted by molar-refractivity contribution is 5.91. The Bertz CT molecular complexity index is 882. The molecule has 0 N–H and O–H groups in total. The average Bonchev–Trinajstić information content (AvgIpc) is 2.82. The summed E-state index contributed by atoms with van der Waals surface area (Å²) >= 11 is 0. The Balaban J connectivity index is 2.04. The maximum Gasteiger partial charge on any atom is 0.288 e. The van der Waals surface area contributed by atoms with Crippen molar-refractivity contribution in [1.29, 1.82) is 0 Å². The van der Waals surface area contributed by atoms with Gasteiger partial charge in [-0.3, -0.25) is 10.1 Å². The van der Waals surface area contributed by atoms with Crippen molar-refractivity contribution in [2.24, 2.45) is 7.05 Å². The zero-order chi connectivity index (χ0) is 15.7. The van der Waals surface area contributed by atoms with Crippen LogP contribution in [-0.4, -0.2) is 14.5 Å². The summed E-state index contributed by atoms with van der Waals surface area (Å²) in [5.41, 5.74) is 2.29. The second-order valence-corrected chi connectivity index (χ2v) is 4.90. The Hall–Kier alpha value is -3.02. The number of nitrogens with zero attached hydrogens (tertiary/aromatic N) is 3. The lowest BCUT2D eigenvalue weighted by Crippen LogP contribution is -1.91. The van der Waals surface area contributed by atoms with Gasteiger partial charge >= 0.3 is 0 Å². The number of fused-ring (bicyclic) bond motifs is 1. The van der Waals surface area contributed by atoms with E-state index in [1.165, 1.54) is 24.4 Å². The van der Waals surface area contributed by atoms with Crippen molar-refractivity contribution in [3.05, 3.63) is 69.8 Å². The minimum atomic E-state index is -0.465. The molecule has 0 fully saturated rings. The molecule has 3 rings (SSSR count). The largest absolute Gasteiger partial charge is 0.335 e. The minimum Gasteiger partial charge on any atom is -0.335 e. The summed E-state index contributed by atoms with van der Waals surface area (Å²) < 4.78 is 14.7. The molecule has 110 valence electrons. The maximum atomic E-state index is 12.9. The van der Waals surface area contributed by atoms with Crippen LogP contribution in [0, 0.1) is 15.9 Å². The fourth-order valence-electron chi connectivity index (χ4n) is 2.27. The first-order valence-electron chi connectivity index (χ1n) is 6.58. The van der Waals surface area contributed by atoms with Gasteiger partial charge in [-0.05, 0) is 17.7 Å². The van der Waals surface area contributed by atoms with Crippen LogP contribution in [0.25, 0.3) is 23.2 Å². The first-order chi connectivity index (χ1) is 10.5. The molecule has 0 saturated carbocycles. The second kappa shape index (κ2) is 5.40. The van der Waals surface area contributed by atoms with Crippen molar-refractivity contribution in [1.82, 2.24) is 9.55 Å². The highest BCUT2D eigenvalue weighted by atomic mass is 19.1. The standard InChI is InChI=1S/C16H12FN3O2/c1-19-10-12(5-2-11-3-6-13(17)7-4-11)15-8-14(20(21)22)9-18-16(15)19/h2-10H,1H3. The summed E-state index contributed by atoms with van der Waals surface area (Å²) in [6.07, 6.45) is 6.76. The van der Waals surface area contributed by atoms with Crippen LogP contribution in [0.15, 0.2) is 42.7 Å². The number of hydrogen-bond donors (Lipinski definition) is 0. The highest BCUT2D eigenvalue weighted by Gasteiger charge is 2.12. The van der Waals surface area contributed by atoms with E-state index in [-0.39, 0.29) is 11.5 Å². The van der Waals surface area contributed by atoms with E-state index in [0.29, 0.717) is 11.0 Å². The van der Waals surface area contributed by atoms with Crippen molar-refractivity contribution in [2.75, 3.05) is 0 Å². The lowest BCUT2D eigenvalue weighted by Gasteiger charge is -1.95. The number of pyridine rings is 1. The number of benzene rings is 1. The summed E-state index contributed by atoms with van der Waals surface area (Å²) in [5, 5.41) is 11.6. The van der Waals surface area contributed by atoms with Gasteiger partial charge in [0.05, 0.1) is 4.92 Å². The molecular formula is C16H12FN3O2. The quantitative estimate of drug-likeness (QED) is 0.546. The van der Waals surface area contributed by atoms with Crippen LogP contribution in [0.4, 0.5) is 10.1 Å². The Morgan fingerprint density at radius 1 is 1.27 bits per heavy atom. The Labute approximate surface area is 125 Å². The van der Waals surface area contributed by atoms with Crippen LogP contribution in [0.2, 0.25) is 0 Å². The number of halogens is 1. The Morgan fingerprint density at radius 2 is 2.00 bits per heavy atom. The molecule has 0 amide bonds. The van der Waals surface area contributed by atoms with Gasteiger partial charge in [0.25, 0.3) is 5.69 Å². The summed E-state index contributed by atoms with van der Waals surface area (Å²) in [5.74, 6) is -0.290. The number of rotatable bonds is 3. The van der Waals surface area contributed by atoms with Crippen LogP contribution in [-0.2, 0) is 7.05 Å². The predicted molar refractivity (Wildman–Crippen MR) is 82.7 cm³/mol. The molecule has 0 spiro atoms. The molecule has 0 radical (unpaired) electrons. The van der Waals surface area contributed by atoms with Crippen LogP contribution >= 0.6 is 0 Å². The van der Waals surface area contributed by atoms with Crippen molar-refractivity contribution in [3.63, 3.8) is 0 Å². The van der Waals surface area contributed by atoms with Gasteiger partial charge in [-0.1, -0.05) is 24.3 Å². The van der Waals surface area contributed by atoms with Gasteiger partial charge in [-0.25, -0.2) is 9.37 Å². The van der Waals surface area contributed by atoms with E-state index < -0.39 is 4.92 Å². The minimum absolute atomic E-state index is 0.0462. The summed E-state index contributed by atoms with van der Waals surface area (Å²) in [6, 6.07) is 7.60. The smallest absolute Gasteiger partial charge is 0.288 e. The van der Waals surface area contributed by atoms with E-state index in [1.54, 1.807) is 12.1 Å². The normalized spacial score (nSPS) is 11.4. The summed E-state index contributed by atoms with van der Waals surface area (Å²) in [4.78, 5) is 14.5. The highest BCUT2D eigenvalue weighted by Crippen LogP contribution is 2.24. The summed E-state index contributed by atoms with van der Waals surface area (Å²) in [6.45, 7) is 0. The molecule has 1 aromatic carbocycles. The van der Waals surface area contributed by atoms with E-state index >= 15 is 0 Å². The lowest BCUT2D eigenvalue weighted by molar-refractivity contribution is -0.385. The topological polar surface area (TPSA) is 61.0 Å². The average molecular weight is 297 g/mol. The lowest BCUT2D eigenvalue weighted by atomic mass is 10.1. The third-order valence-corrected chi connectivity index (χ3v) is 3.37. The van der Waals surface area contributed by atoms with Gasteiger partial charge in [0, 0.05) is 30.3 Å². The van der Waals surface area contributed by atoms with Gasteiger partial charge in [0.15, 0.2) is 0 Å². The molecule has 3 aromatic rings. The van der Waals surface area contributed by atoms with E-state index in [2.05, 4.69) is 4.98 Å². The van der Waals surface area contributed by atoms with Gasteiger partial charge in [0.1, 0.15) is 17.7 Å². The first kappa shape index (κ1) is 13.9. The van der Waals surface area contributed by atoms with E-state index in [1.807, 2.05) is 30.0 Å². The molecule has 2 heterocycles. The fraction of sp³-hybridized carbons (Fsp3) is 0.0625. The molecule has 0 aliphatic rings. The zero-order valence-corrected chi connectivity index (χ0v) is 11.7. The van der Waals surface area contributed by atoms with Gasteiger partial charge < -0.3 is 4.57 Å². The molecule has 0 aliphatic carbocycles. The third kappa shape index (κ3) is 2.58.